The molecule has 1 aliphatic rings. The van der Waals surface area contributed by atoms with Gasteiger partial charge in [-0.15, -0.1) is 0 Å². The van der Waals surface area contributed by atoms with Crippen LogP contribution in [0.3, 0.4) is 0 Å². The van der Waals surface area contributed by atoms with Gasteiger partial charge in [0.1, 0.15) is 18.3 Å². The van der Waals surface area contributed by atoms with Crippen LogP contribution in [0, 0.1) is 5.92 Å². The molecule has 30 heavy (non-hydrogen) atoms. The molecule has 0 bridgehead atoms. The summed E-state index contributed by atoms with van der Waals surface area (Å²) in [5.41, 5.74) is 2.50. The summed E-state index contributed by atoms with van der Waals surface area (Å²) < 4.78 is 2.85. The summed E-state index contributed by atoms with van der Waals surface area (Å²) in [4.78, 5) is 31.7. The SMILES string of the molecule is CC1CCN(c2ccc([C@H](C)NC(=O)Cn3cnc4c(cnn4C)c3=O)cc2)CC1. The monoisotopic (exact) mass is 408 g/mol. The van der Waals surface area contributed by atoms with E-state index < -0.39 is 0 Å². The van der Waals surface area contributed by atoms with Crippen molar-refractivity contribution in [3.05, 3.63) is 52.7 Å². The molecule has 1 aromatic carbocycles. The molecular formula is C22H28N6O2. The number of carbonyl (C=O) groups excluding carboxylic acids is 1. The number of aryl methyl sites for hydroxylation is 1. The van der Waals surface area contributed by atoms with Crippen LogP contribution in [0.4, 0.5) is 5.69 Å². The molecule has 2 aromatic heterocycles. The zero-order valence-electron chi connectivity index (χ0n) is 17.7. The van der Waals surface area contributed by atoms with E-state index in [1.54, 1.807) is 7.05 Å². The lowest BCUT2D eigenvalue weighted by molar-refractivity contribution is -0.122. The van der Waals surface area contributed by atoms with Crippen molar-refractivity contribution >= 4 is 22.6 Å². The van der Waals surface area contributed by atoms with Gasteiger partial charge in [0, 0.05) is 25.8 Å². The average Bonchev–Trinajstić information content (AvgIpc) is 3.12. The highest BCUT2D eigenvalue weighted by Gasteiger charge is 2.17. The molecule has 0 unspecified atom stereocenters. The molecule has 1 aliphatic heterocycles. The third-order valence-electron chi connectivity index (χ3n) is 5.95. The first-order chi connectivity index (χ1) is 14.4. The van der Waals surface area contributed by atoms with Gasteiger partial charge < -0.3 is 10.2 Å². The normalized spacial score (nSPS) is 16.0. The van der Waals surface area contributed by atoms with Crippen molar-refractivity contribution in [2.75, 3.05) is 18.0 Å². The number of hydrogen-bond donors (Lipinski definition) is 1. The molecule has 8 nitrogen and oxygen atoms in total. The molecule has 1 fully saturated rings. The minimum atomic E-state index is -0.267. The van der Waals surface area contributed by atoms with Gasteiger partial charge in [0.2, 0.25) is 5.91 Å². The predicted molar refractivity (Wildman–Crippen MR) is 116 cm³/mol. The lowest BCUT2D eigenvalue weighted by Gasteiger charge is -2.32. The van der Waals surface area contributed by atoms with Gasteiger partial charge in [-0.05, 0) is 43.4 Å². The quantitative estimate of drug-likeness (QED) is 0.700. The fourth-order valence-corrected chi connectivity index (χ4v) is 3.94. The van der Waals surface area contributed by atoms with Crippen molar-refractivity contribution in [3.63, 3.8) is 0 Å². The van der Waals surface area contributed by atoms with Crippen LogP contribution in [0.1, 0.15) is 38.3 Å². The number of nitrogens with zero attached hydrogens (tertiary/aromatic N) is 5. The molecule has 8 heteroatoms. The topological polar surface area (TPSA) is 85.1 Å². The zero-order chi connectivity index (χ0) is 21.3. The molecule has 1 atom stereocenters. The minimum Gasteiger partial charge on any atom is -0.372 e. The van der Waals surface area contributed by atoms with E-state index >= 15 is 0 Å². The van der Waals surface area contributed by atoms with Gasteiger partial charge in [0.25, 0.3) is 5.56 Å². The van der Waals surface area contributed by atoms with Gasteiger partial charge >= 0.3 is 0 Å². The Hall–Kier alpha value is -3.16. The average molecular weight is 409 g/mol. The number of amides is 1. The molecule has 0 radical (unpaired) electrons. The lowest BCUT2D eigenvalue weighted by atomic mass is 9.98. The minimum absolute atomic E-state index is 0.0783. The van der Waals surface area contributed by atoms with E-state index in [9.17, 15) is 9.59 Å². The van der Waals surface area contributed by atoms with E-state index in [1.165, 1.54) is 40.3 Å². The summed E-state index contributed by atoms with van der Waals surface area (Å²) in [5, 5.41) is 7.42. The Kier molecular flexibility index (Phi) is 5.57. The molecule has 0 spiro atoms. The summed E-state index contributed by atoms with van der Waals surface area (Å²) in [6, 6.07) is 8.22. The standard InChI is InChI=1S/C22H28N6O2/c1-15-8-10-27(11-9-15)18-6-4-17(5-7-18)16(2)25-20(29)13-28-14-23-21-19(22(28)30)12-24-26(21)3/h4-7,12,14-16H,8-11,13H2,1-3H3,(H,25,29)/t16-/m0/s1. The van der Waals surface area contributed by atoms with Crippen LogP contribution in [0.25, 0.3) is 11.0 Å². The van der Waals surface area contributed by atoms with Gasteiger partial charge in [-0.1, -0.05) is 19.1 Å². The summed E-state index contributed by atoms with van der Waals surface area (Å²) in [5.74, 6) is 0.570. The number of benzene rings is 1. The second kappa shape index (κ2) is 8.30. The van der Waals surface area contributed by atoms with Gasteiger partial charge in [-0.2, -0.15) is 5.10 Å². The Balaban J connectivity index is 1.39. The zero-order valence-corrected chi connectivity index (χ0v) is 17.7. The van der Waals surface area contributed by atoms with E-state index in [-0.39, 0.29) is 24.1 Å². The molecule has 1 saturated heterocycles. The Bertz CT molecular complexity index is 1090. The maximum Gasteiger partial charge on any atom is 0.264 e. The maximum absolute atomic E-state index is 12.5. The first kappa shape index (κ1) is 20.1. The van der Waals surface area contributed by atoms with E-state index in [2.05, 4.69) is 51.5 Å². The number of piperidine rings is 1. The maximum atomic E-state index is 12.5. The van der Waals surface area contributed by atoms with E-state index in [0.29, 0.717) is 11.0 Å². The van der Waals surface area contributed by atoms with Crippen molar-refractivity contribution in [1.82, 2.24) is 24.6 Å². The number of rotatable bonds is 5. The third-order valence-corrected chi connectivity index (χ3v) is 5.95. The highest BCUT2D eigenvalue weighted by Crippen LogP contribution is 2.24. The van der Waals surface area contributed by atoms with Crippen LogP contribution in [0.5, 0.6) is 0 Å². The van der Waals surface area contributed by atoms with E-state index in [4.69, 9.17) is 0 Å². The summed E-state index contributed by atoms with van der Waals surface area (Å²) >= 11 is 0. The Labute approximate surface area is 175 Å². The van der Waals surface area contributed by atoms with Crippen LogP contribution in [0.15, 0.2) is 41.6 Å². The van der Waals surface area contributed by atoms with Crippen molar-refractivity contribution in [2.45, 2.75) is 39.3 Å². The highest BCUT2D eigenvalue weighted by atomic mass is 16.2. The van der Waals surface area contributed by atoms with Crippen molar-refractivity contribution in [2.24, 2.45) is 13.0 Å². The molecule has 158 valence electrons. The van der Waals surface area contributed by atoms with Gasteiger partial charge in [-0.3, -0.25) is 18.8 Å². The molecule has 1 amide bonds. The molecular weight excluding hydrogens is 380 g/mol. The molecule has 0 aliphatic carbocycles. The van der Waals surface area contributed by atoms with E-state index in [0.717, 1.165) is 24.6 Å². The van der Waals surface area contributed by atoms with Crippen molar-refractivity contribution in [1.29, 1.82) is 0 Å². The fraction of sp³-hybridized carbons (Fsp3) is 0.455. The predicted octanol–water partition coefficient (Wildman–Crippen LogP) is 2.24. The summed E-state index contributed by atoms with van der Waals surface area (Å²) in [7, 11) is 1.73. The van der Waals surface area contributed by atoms with Gasteiger partial charge in [0.05, 0.1) is 12.2 Å². The fourth-order valence-electron chi connectivity index (χ4n) is 3.94. The Morgan fingerprint density at radius 3 is 2.63 bits per heavy atom. The molecule has 3 heterocycles. The molecule has 4 rings (SSSR count). The number of anilines is 1. The first-order valence-corrected chi connectivity index (χ1v) is 10.4. The first-order valence-electron chi connectivity index (χ1n) is 10.4. The lowest BCUT2D eigenvalue weighted by Crippen LogP contribution is -2.34. The second-order valence-corrected chi connectivity index (χ2v) is 8.23. The number of aromatic nitrogens is 4. The number of nitrogens with one attached hydrogen (secondary N) is 1. The number of hydrogen-bond acceptors (Lipinski definition) is 5. The number of fused-ring (bicyclic) bond motifs is 1. The second-order valence-electron chi connectivity index (χ2n) is 8.23. The van der Waals surface area contributed by atoms with Gasteiger partial charge in [0.15, 0.2) is 5.65 Å². The van der Waals surface area contributed by atoms with Crippen LogP contribution in [-0.4, -0.2) is 38.3 Å². The van der Waals surface area contributed by atoms with Crippen LogP contribution in [-0.2, 0) is 18.4 Å². The Morgan fingerprint density at radius 1 is 1.23 bits per heavy atom. The Morgan fingerprint density at radius 2 is 1.93 bits per heavy atom. The van der Waals surface area contributed by atoms with Crippen molar-refractivity contribution in [3.8, 4) is 0 Å². The van der Waals surface area contributed by atoms with Gasteiger partial charge in [-0.25, -0.2) is 4.98 Å². The number of carbonyl (C=O) groups is 1. The van der Waals surface area contributed by atoms with Crippen LogP contribution < -0.4 is 15.8 Å². The molecule has 0 saturated carbocycles. The smallest absolute Gasteiger partial charge is 0.264 e. The molecule has 1 N–H and O–H groups in total. The van der Waals surface area contributed by atoms with E-state index in [1.807, 2.05) is 6.92 Å². The third kappa shape index (κ3) is 4.08. The van der Waals surface area contributed by atoms with Crippen LogP contribution in [0.2, 0.25) is 0 Å². The highest BCUT2D eigenvalue weighted by molar-refractivity contribution is 5.77. The van der Waals surface area contributed by atoms with Crippen molar-refractivity contribution < 1.29 is 4.79 Å². The molecule has 3 aromatic rings. The van der Waals surface area contributed by atoms with Crippen LogP contribution >= 0.6 is 0 Å². The largest absolute Gasteiger partial charge is 0.372 e. The summed E-state index contributed by atoms with van der Waals surface area (Å²) in [6.45, 7) is 6.36. The summed E-state index contributed by atoms with van der Waals surface area (Å²) in [6.07, 6.45) is 5.33.